The van der Waals surface area contributed by atoms with Crippen molar-refractivity contribution in [3.05, 3.63) is 0 Å². The highest BCUT2D eigenvalue weighted by Crippen LogP contribution is 2.47. The van der Waals surface area contributed by atoms with E-state index in [4.69, 9.17) is 10.7 Å². The molecule has 0 bridgehead atoms. The summed E-state index contributed by atoms with van der Waals surface area (Å²) < 4.78 is 4.08. The van der Waals surface area contributed by atoms with Crippen LogP contribution in [-0.2, 0) is 0 Å². The van der Waals surface area contributed by atoms with Crippen molar-refractivity contribution < 1.29 is 0 Å². The molecule has 0 radical (unpaired) electrons. The van der Waals surface area contributed by atoms with E-state index >= 15 is 0 Å². The third-order valence-corrected chi connectivity index (χ3v) is 6.54. The van der Waals surface area contributed by atoms with Crippen LogP contribution in [0.4, 0.5) is 0 Å². The molecule has 0 rings (SSSR count). The summed E-state index contributed by atoms with van der Waals surface area (Å²) in [4.78, 5) is 0. The van der Waals surface area contributed by atoms with E-state index in [1.807, 2.05) is 10.8 Å². The summed E-state index contributed by atoms with van der Waals surface area (Å²) >= 11 is 4.47. The number of nitrogens with zero attached hydrogens (tertiary/aromatic N) is 2. The van der Waals surface area contributed by atoms with Crippen LogP contribution >= 0.6 is 34.0 Å². The Labute approximate surface area is 102 Å². The Morgan fingerprint density at radius 2 is 1.36 bits per heavy atom. The third kappa shape index (κ3) is 4.19. The lowest BCUT2D eigenvalue weighted by Crippen LogP contribution is -2.41. The Bertz CT molecular complexity index is 166. The zero-order chi connectivity index (χ0) is 11.7. The van der Waals surface area contributed by atoms with Gasteiger partial charge in [-0.1, -0.05) is 23.3 Å². The lowest BCUT2D eigenvalue weighted by molar-refractivity contribution is 0.300. The zero-order valence-corrected chi connectivity index (χ0v) is 12.7. The average molecular weight is 259 g/mol. The Morgan fingerprint density at radius 3 is 1.57 bits per heavy atom. The van der Waals surface area contributed by atoms with Crippen molar-refractivity contribution in [3.8, 4) is 0 Å². The van der Waals surface area contributed by atoms with Gasteiger partial charge in [-0.15, -0.1) is 0 Å². The van der Waals surface area contributed by atoms with Crippen LogP contribution in [0.25, 0.3) is 0 Å². The van der Waals surface area contributed by atoms with Gasteiger partial charge in [-0.05, 0) is 59.3 Å². The Balaban J connectivity index is 4.56. The number of hydrogen-bond donors (Lipinski definition) is 2. The molecule has 0 amide bonds. The first kappa shape index (κ1) is 14.9. The molecule has 0 heterocycles. The third-order valence-electron chi connectivity index (χ3n) is 1.97. The minimum Gasteiger partial charge on any atom is -0.244 e. The van der Waals surface area contributed by atoms with Crippen molar-refractivity contribution in [2.75, 3.05) is 7.05 Å². The van der Waals surface area contributed by atoms with Gasteiger partial charge in [0.15, 0.2) is 0 Å². The van der Waals surface area contributed by atoms with E-state index in [1.54, 1.807) is 0 Å². The molecule has 0 aromatic carbocycles. The molecule has 1 unspecified atom stereocenters. The van der Waals surface area contributed by atoms with Gasteiger partial charge in [0, 0.05) is 11.1 Å². The predicted molar refractivity (Wildman–Crippen MR) is 72.9 cm³/mol. The summed E-state index contributed by atoms with van der Waals surface area (Å²) in [5, 5.41) is 0. The number of rotatable bonds is 2. The topological polar surface area (TPSA) is 6.48 Å². The molecule has 0 aliphatic carbocycles. The van der Waals surface area contributed by atoms with Gasteiger partial charge in [0.2, 0.25) is 0 Å². The van der Waals surface area contributed by atoms with Gasteiger partial charge in [0.25, 0.3) is 0 Å². The Morgan fingerprint density at radius 1 is 1.00 bits per heavy atom. The van der Waals surface area contributed by atoms with E-state index in [9.17, 15) is 0 Å². The molecule has 2 nitrogen and oxygen atoms in total. The van der Waals surface area contributed by atoms with Crippen LogP contribution in [0.1, 0.15) is 41.5 Å². The van der Waals surface area contributed by atoms with Crippen LogP contribution in [0, 0.1) is 0 Å². The van der Waals surface area contributed by atoms with Crippen molar-refractivity contribution in [2.24, 2.45) is 0 Å². The monoisotopic (exact) mass is 258 g/mol. The summed E-state index contributed by atoms with van der Waals surface area (Å²) in [6.45, 7) is 12.8. The second kappa shape index (κ2) is 4.83. The van der Waals surface area contributed by atoms with Crippen molar-refractivity contribution in [2.45, 2.75) is 52.6 Å². The molecule has 0 spiro atoms. The number of thiol groups is 2. The zero-order valence-electron chi connectivity index (χ0n) is 10.2. The lowest BCUT2D eigenvalue weighted by Gasteiger charge is -2.45. The van der Waals surface area contributed by atoms with Crippen molar-refractivity contribution >= 4 is 34.0 Å². The molecule has 1 atom stereocenters. The molecule has 0 aliphatic heterocycles. The Kier molecular flexibility index (Phi) is 5.14. The predicted octanol–water partition coefficient (Wildman–Crippen LogP) is 3.65. The van der Waals surface area contributed by atoms with Crippen molar-refractivity contribution in [1.82, 2.24) is 8.02 Å². The summed E-state index contributed by atoms with van der Waals surface area (Å²) in [7, 11) is 7.55. The lowest BCUT2D eigenvalue weighted by atomic mass is 10.1. The highest BCUT2D eigenvalue weighted by molar-refractivity contribution is 8.35. The molecule has 0 aromatic rings. The summed E-state index contributed by atoms with van der Waals surface area (Å²) in [6, 6.07) is 0. The second-order valence-electron chi connectivity index (χ2n) is 5.40. The van der Waals surface area contributed by atoms with Gasteiger partial charge < -0.3 is 0 Å². The first-order valence-electron chi connectivity index (χ1n) is 4.66. The van der Waals surface area contributed by atoms with E-state index in [0.717, 1.165) is 0 Å². The molecule has 0 N–H and O–H groups in total. The maximum Gasteiger partial charge on any atom is 0.0343 e. The quantitative estimate of drug-likeness (QED) is 0.730. The molecular formula is C9H23ClN2S2. The molecule has 0 aliphatic rings. The highest BCUT2D eigenvalue weighted by Gasteiger charge is 2.30. The van der Waals surface area contributed by atoms with Crippen LogP contribution in [0.2, 0.25) is 0 Å². The molecular weight excluding hydrogens is 236 g/mol. The van der Waals surface area contributed by atoms with Crippen molar-refractivity contribution in [3.63, 3.8) is 0 Å². The fraction of sp³-hybridized carbons (Fsp3) is 1.00. The Hall–Kier alpha value is 0.910. The largest absolute Gasteiger partial charge is 0.244 e. The number of hydrogen-bond acceptors (Lipinski definition) is 3. The van der Waals surface area contributed by atoms with Crippen LogP contribution in [0.5, 0.6) is 0 Å². The smallest absolute Gasteiger partial charge is 0.0343 e. The van der Waals surface area contributed by atoms with E-state index in [-0.39, 0.29) is 11.1 Å². The van der Waals surface area contributed by atoms with E-state index < -0.39 is 10.5 Å². The highest BCUT2D eigenvalue weighted by atomic mass is 35.7. The van der Waals surface area contributed by atoms with Crippen LogP contribution in [0.15, 0.2) is 0 Å². The summed E-state index contributed by atoms with van der Waals surface area (Å²) in [5.74, 6) is 0. The van der Waals surface area contributed by atoms with E-state index in [2.05, 4.69) is 58.7 Å². The van der Waals surface area contributed by atoms with E-state index in [1.165, 1.54) is 0 Å². The average Bonchev–Trinajstić information content (AvgIpc) is 1.97. The SMILES string of the molecule is CN([SH](Cl)N(S)C(C)(C)C)C(C)(C)C. The fourth-order valence-electron chi connectivity index (χ4n) is 0.622. The van der Waals surface area contributed by atoms with Crippen molar-refractivity contribution in [1.29, 1.82) is 0 Å². The minimum absolute atomic E-state index is 0.0178. The summed E-state index contributed by atoms with van der Waals surface area (Å²) in [6.07, 6.45) is 0. The number of halogens is 1. The van der Waals surface area contributed by atoms with E-state index in [0.29, 0.717) is 0 Å². The normalized spacial score (nSPS) is 17.8. The first-order chi connectivity index (χ1) is 5.98. The summed E-state index contributed by atoms with van der Waals surface area (Å²) in [5.41, 5.74) is 0.0513. The van der Waals surface area contributed by atoms with Gasteiger partial charge in [0.05, 0.1) is 0 Å². The molecule has 0 saturated heterocycles. The maximum absolute atomic E-state index is 6.39. The van der Waals surface area contributed by atoms with Crippen LogP contribution in [-0.4, -0.2) is 26.1 Å². The molecule has 14 heavy (non-hydrogen) atoms. The molecule has 0 fully saturated rings. The van der Waals surface area contributed by atoms with Gasteiger partial charge >= 0.3 is 0 Å². The molecule has 5 heteroatoms. The molecule has 0 aromatic heterocycles. The second-order valence-corrected chi connectivity index (χ2v) is 8.50. The van der Waals surface area contributed by atoms with Gasteiger partial charge in [-0.2, -0.15) is 3.71 Å². The van der Waals surface area contributed by atoms with Gasteiger partial charge in [0.1, 0.15) is 0 Å². The standard InChI is InChI=1S/C9H23ClN2S2/c1-8(2,3)11(7)14(10)12(13)9(4,5)6/h13-14H,1-7H3. The fourth-order valence-corrected chi connectivity index (χ4v) is 3.59. The van der Waals surface area contributed by atoms with Crippen LogP contribution in [0.3, 0.4) is 0 Å². The van der Waals surface area contributed by atoms with Crippen LogP contribution < -0.4 is 0 Å². The molecule has 0 saturated carbocycles. The minimum atomic E-state index is -0.876. The van der Waals surface area contributed by atoms with Gasteiger partial charge in [-0.3, -0.25) is 0 Å². The van der Waals surface area contributed by atoms with Gasteiger partial charge in [-0.25, -0.2) is 4.31 Å². The first-order valence-corrected chi connectivity index (χ1v) is 7.22. The molecule has 88 valence electrons. The maximum atomic E-state index is 6.39.